The van der Waals surface area contributed by atoms with Crippen LogP contribution in [0.2, 0.25) is 0 Å². The Kier molecular flexibility index (Phi) is 7.23. The number of non-ortho nitro benzene ring substituents is 1. The van der Waals surface area contributed by atoms with Gasteiger partial charge in [-0.15, -0.1) is 0 Å². The van der Waals surface area contributed by atoms with E-state index in [0.717, 1.165) is 12.0 Å². The number of ketones is 1. The first kappa shape index (κ1) is 20.3. The number of amides is 1. The van der Waals surface area contributed by atoms with E-state index < -0.39 is 4.92 Å². The van der Waals surface area contributed by atoms with Crippen molar-refractivity contribution in [3.63, 3.8) is 0 Å². The summed E-state index contributed by atoms with van der Waals surface area (Å²) in [6.07, 6.45) is 1.23. The average molecular weight is 368 g/mol. The molecule has 6 nitrogen and oxygen atoms in total. The van der Waals surface area contributed by atoms with Crippen LogP contribution in [0.5, 0.6) is 0 Å². The molecule has 0 bridgehead atoms. The van der Waals surface area contributed by atoms with Crippen LogP contribution in [-0.4, -0.2) is 16.6 Å². The zero-order valence-corrected chi connectivity index (χ0v) is 15.6. The van der Waals surface area contributed by atoms with Crippen molar-refractivity contribution in [2.45, 2.75) is 39.7 Å². The lowest BCUT2D eigenvalue weighted by Gasteiger charge is -2.07. The molecule has 0 aliphatic rings. The van der Waals surface area contributed by atoms with Gasteiger partial charge in [0.05, 0.1) is 4.92 Å². The summed E-state index contributed by atoms with van der Waals surface area (Å²) in [6, 6.07) is 13.5. The standard InChI is InChI=1S/C21H24N2O4/c1-15(2)13-16-3-7-18(8-4-16)20(24)11-12-21(25)22-14-17-5-9-19(10-6-17)23(26)27/h3-10,15H,11-14H2,1-2H3,(H,22,25). The summed E-state index contributed by atoms with van der Waals surface area (Å²) < 4.78 is 0. The lowest BCUT2D eigenvalue weighted by Crippen LogP contribution is -2.23. The Balaban J connectivity index is 1.77. The van der Waals surface area contributed by atoms with Crippen LogP contribution < -0.4 is 5.32 Å². The molecule has 0 aliphatic carbocycles. The zero-order chi connectivity index (χ0) is 19.8. The van der Waals surface area contributed by atoms with Crippen LogP contribution in [0.4, 0.5) is 5.69 Å². The number of carbonyl (C=O) groups is 2. The molecule has 0 saturated heterocycles. The Morgan fingerprint density at radius 1 is 0.963 bits per heavy atom. The molecule has 0 fully saturated rings. The van der Waals surface area contributed by atoms with Gasteiger partial charge in [-0.3, -0.25) is 19.7 Å². The number of nitrogens with zero attached hydrogens (tertiary/aromatic N) is 1. The summed E-state index contributed by atoms with van der Waals surface area (Å²) in [5, 5.41) is 13.3. The predicted octanol–water partition coefficient (Wildman–Crippen LogP) is 4.07. The molecule has 0 heterocycles. The first-order valence-corrected chi connectivity index (χ1v) is 8.97. The van der Waals surface area contributed by atoms with Crippen molar-refractivity contribution >= 4 is 17.4 Å². The minimum atomic E-state index is -0.469. The lowest BCUT2D eigenvalue weighted by atomic mass is 9.99. The highest BCUT2D eigenvalue weighted by molar-refractivity contribution is 5.97. The van der Waals surface area contributed by atoms with Crippen molar-refractivity contribution < 1.29 is 14.5 Å². The van der Waals surface area contributed by atoms with E-state index in [-0.39, 0.29) is 36.8 Å². The van der Waals surface area contributed by atoms with Crippen LogP contribution in [-0.2, 0) is 17.8 Å². The summed E-state index contributed by atoms with van der Waals surface area (Å²) in [6.45, 7) is 4.57. The van der Waals surface area contributed by atoms with Gasteiger partial charge in [-0.1, -0.05) is 50.2 Å². The SMILES string of the molecule is CC(C)Cc1ccc(C(=O)CCC(=O)NCc2ccc([N+](=O)[O-])cc2)cc1. The molecule has 0 radical (unpaired) electrons. The van der Waals surface area contributed by atoms with Crippen molar-refractivity contribution in [1.82, 2.24) is 5.32 Å². The molecule has 0 spiro atoms. The van der Waals surface area contributed by atoms with Gasteiger partial charge in [0.25, 0.3) is 5.69 Å². The Morgan fingerprint density at radius 3 is 2.11 bits per heavy atom. The van der Waals surface area contributed by atoms with Crippen LogP contribution in [0.3, 0.4) is 0 Å². The molecule has 142 valence electrons. The third kappa shape index (κ3) is 6.66. The lowest BCUT2D eigenvalue weighted by molar-refractivity contribution is -0.384. The van der Waals surface area contributed by atoms with Gasteiger partial charge in [-0.25, -0.2) is 0 Å². The van der Waals surface area contributed by atoms with Gasteiger partial charge < -0.3 is 5.32 Å². The fraction of sp³-hybridized carbons (Fsp3) is 0.333. The number of nitrogens with one attached hydrogen (secondary N) is 1. The van der Waals surface area contributed by atoms with E-state index >= 15 is 0 Å². The maximum absolute atomic E-state index is 12.2. The Hall–Kier alpha value is -3.02. The maximum atomic E-state index is 12.2. The van der Waals surface area contributed by atoms with Crippen molar-refractivity contribution in [3.8, 4) is 0 Å². The van der Waals surface area contributed by atoms with Gasteiger partial charge in [0, 0.05) is 37.1 Å². The molecule has 0 unspecified atom stereocenters. The molecule has 27 heavy (non-hydrogen) atoms. The summed E-state index contributed by atoms with van der Waals surface area (Å²) in [4.78, 5) is 34.3. The predicted molar refractivity (Wildman–Crippen MR) is 103 cm³/mol. The molecule has 1 amide bonds. The highest BCUT2D eigenvalue weighted by atomic mass is 16.6. The molecule has 2 aromatic rings. The van der Waals surface area contributed by atoms with Crippen LogP contribution in [0.25, 0.3) is 0 Å². The topological polar surface area (TPSA) is 89.3 Å². The van der Waals surface area contributed by atoms with E-state index in [1.807, 2.05) is 24.3 Å². The molecule has 0 aromatic heterocycles. The summed E-state index contributed by atoms with van der Waals surface area (Å²) in [7, 11) is 0. The molecular formula is C21H24N2O4. The first-order valence-electron chi connectivity index (χ1n) is 8.97. The number of benzene rings is 2. The van der Waals surface area contributed by atoms with Gasteiger partial charge in [0.1, 0.15) is 0 Å². The van der Waals surface area contributed by atoms with Gasteiger partial charge in [0.15, 0.2) is 5.78 Å². The first-order chi connectivity index (χ1) is 12.8. The molecule has 2 rings (SSSR count). The van der Waals surface area contributed by atoms with E-state index in [1.165, 1.54) is 17.7 Å². The molecule has 6 heteroatoms. The Bertz CT molecular complexity index is 796. The van der Waals surface area contributed by atoms with Crippen molar-refractivity contribution in [2.75, 3.05) is 0 Å². The van der Waals surface area contributed by atoms with Gasteiger partial charge in [0.2, 0.25) is 5.91 Å². The number of nitro groups is 1. The minimum absolute atomic E-state index is 0.00934. The average Bonchev–Trinajstić information content (AvgIpc) is 2.65. The Morgan fingerprint density at radius 2 is 1.56 bits per heavy atom. The summed E-state index contributed by atoms with van der Waals surface area (Å²) in [5.41, 5.74) is 2.59. The molecular weight excluding hydrogens is 344 g/mol. The molecule has 2 aromatic carbocycles. The molecule has 1 N–H and O–H groups in total. The number of nitro benzene ring substituents is 1. The summed E-state index contributed by atoms with van der Waals surface area (Å²) in [5.74, 6) is 0.278. The fourth-order valence-corrected chi connectivity index (χ4v) is 2.69. The number of hydrogen-bond donors (Lipinski definition) is 1. The van der Waals surface area contributed by atoms with Crippen LogP contribution in [0.15, 0.2) is 48.5 Å². The third-order valence-corrected chi connectivity index (χ3v) is 4.14. The monoisotopic (exact) mass is 368 g/mol. The fourth-order valence-electron chi connectivity index (χ4n) is 2.69. The highest BCUT2D eigenvalue weighted by Gasteiger charge is 2.10. The third-order valence-electron chi connectivity index (χ3n) is 4.14. The van der Waals surface area contributed by atoms with E-state index in [4.69, 9.17) is 0 Å². The van der Waals surface area contributed by atoms with Gasteiger partial charge in [-0.05, 0) is 23.5 Å². The second kappa shape index (κ2) is 9.62. The largest absolute Gasteiger partial charge is 0.352 e. The van der Waals surface area contributed by atoms with Crippen LogP contribution in [0.1, 0.15) is 48.2 Å². The zero-order valence-electron chi connectivity index (χ0n) is 15.6. The van der Waals surface area contributed by atoms with E-state index in [0.29, 0.717) is 11.5 Å². The van der Waals surface area contributed by atoms with E-state index in [2.05, 4.69) is 19.2 Å². The van der Waals surface area contributed by atoms with Crippen molar-refractivity contribution in [2.24, 2.45) is 5.92 Å². The number of hydrogen-bond acceptors (Lipinski definition) is 4. The number of rotatable bonds is 9. The minimum Gasteiger partial charge on any atom is -0.352 e. The molecule has 0 atom stereocenters. The molecule has 0 aliphatic heterocycles. The van der Waals surface area contributed by atoms with E-state index in [9.17, 15) is 19.7 Å². The van der Waals surface area contributed by atoms with Gasteiger partial charge in [-0.2, -0.15) is 0 Å². The quantitative estimate of drug-likeness (QED) is 0.410. The summed E-state index contributed by atoms with van der Waals surface area (Å²) >= 11 is 0. The van der Waals surface area contributed by atoms with Gasteiger partial charge >= 0.3 is 0 Å². The van der Waals surface area contributed by atoms with Crippen molar-refractivity contribution in [1.29, 1.82) is 0 Å². The maximum Gasteiger partial charge on any atom is 0.269 e. The second-order valence-corrected chi connectivity index (χ2v) is 6.92. The van der Waals surface area contributed by atoms with Crippen molar-refractivity contribution in [3.05, 3.63) is 75.3 Å². The normalized spacial score (nSPS) is 10.6. The number of carbonyl (C=O) groups excluding carboxylic acids is 2. The number of Topliss-reactive ketones (excluding diaryl/α,β-unsaturated/α-hetero) is 1. The molecule has 0 saturated carbocycles. The second-order valence-electron chi connectivity index (χ2n) is 6.92. The smallest absolute Gasteiger partial charge is 0.269 e. The highest BCUT2D eigenvalue weighted by Crippen LogP contribution is 2.13. The van der Waals surface area contributed by atoms with E-state index in [1.54, 1.807) is 12.1 Å². The Labute approximate surface area is 158 Å². The van der Waals surface area contributed by atoms with Crippen LogP contribution in [0, 0.1) is 16.0 Å². The van der Waals surface area contributed by atoms with Crippen LogP contribution >= 0.6 is 0 Å².